The van der Waals surface area contributed by atoms with Gasteiger partial charge in [0.05, 0.1) is 5.69 Å². The van der Waals surface area contributed by atoms with Crippen LogP contribution in [-0.4, -0.2) is 42.8 Å². The molecule has 1 saturated heterocycles. The number of carbonyl (C=O) groups excluding carboxylic acids is 1. The van der Waals surface area contributed by atoms with Crippen molar-refractivity contribution in [2.45, 2.75) is 38.8 Å². The van der Waals surface area contributed by atoms with E-state index in [0.29, 0.717) is 11.4 Å². The number of nitrogens with one attached hydrogen (secondary N) is 2. The van der Waals surface area contributed by atoms with E-state index in [4.69, 9.17) is 4.74 Å². The Kier molecular flexibility index (Phi) is 4.90. The molecule has 1 aliphatic rings. The van der Waals surface area contributed by atoms with Crippen molar-refractivity contribution in [1.82, 2.24) is 4.90 Å². The number of ether oxygens (including phenoxy) is 1. The Morgan fingerprint density at radius 1 is 1.41 bits per heavy atom. The van der Waals surface area contributed by atoms with Gasteiger partial charge in [0.1, 0.15) is 11.4 Å². The second-order valence-corrected chi connectivity index (χ2v) is 6.71. The molecule has 122 valence electrons. The van der Waals surface area contributed by atoms with Crippen LogP contribution in [0.5, 0.6) is 0 Å². The first-order valence-electron chi connectivity index (χ1n) is 7.47. The summed E-state index contributed by atoms with van der Waals surface area (Å²) in [5.74, 6) is -0.329. The summed E-state index contributed by atoms with van der Waals surface area (Å²) < 4.78 is 19.1. The fourth-order valence-electron chi connectivity index (χ4n) is 2.41. The summed E-state index contributed by atoms with van der Waals surface area (Å²) in [7, 11) is 2.04. The summed E-state index contributed by atoms with van der Waals surface area (Å²) in [5.41, 5.74) is 0.331. The molecule has 0 bridgehead atoms. The highest BCUT2D eigenvalue weighted by Crippen LogP contribution is 2.23. The summed E-state index contributed by atoms with van der Waals surface area (Å²) in [6.07, 6.45) is 0.422. The lowest BCUT2D eigenvalue weighted by atomic mass is 10.2. The van der Waals surface area contributed by atoms with E-state index in [9.17, 15) is 9.18 Å². The van der Waals surface area contributed by atoms with E-state index >= 15 is 0 Å². The molecule has 2 rings (SSSR count). The molecule has 1 aromatic rings. The normalized spacial score (nSPS) is 19.0. The Labute approximate surface area is 130 Å². The molecule has 0 spiro atoms. The molecule has 0 aromatic heterocycles. The van der Waals surface area contributed by atoms with E-state index in [0.717, 1.165) is 19.5 Å². The van der Waals surface area contributed by atoms with E-state index in [-0.39, 0.29) is 11.9 Å². The molecule has 1 aliphatic heterocycles. The van der Waals surface area contributed by atoms with Gasteiger partial charge >= 0.3 is 6.09 Å². The van der Waals surface area contributed by atoms with Crippen LogP contribution in [0.15, 0.2) is 18.2 Å². The summed E-state index contributed by atoms with van der Waals surface area (Å²) >= 11 is 0. The van der Waals surface area contributed by atoms with E-state index in [1.807, 2.05) is 7.05 Å². The van der Waals surface area contributed by atoms with E-state index in [1.165, 1.54) is 12.1 Å². The van der Waals surface area contributed by atoms with Crippen LogP contribution in [-0.2, 0) is 4.74 Å². The molecule has 22 heavy (non-hydrogen) atoms. The van der Waals surface area contributed by atoms with E-state index in [1.54, 1.807) is 26.8 Å². The Bertz CT molecular complexity index is 543. The zero-order chi connectivity index (χ0) is 16.3. The van der Waals surface area contributed by atoms with Gasteiger partial charge in [0.25, 0.3) is 0 Å². The minimum absolute atomic E-state index is 0.219. The third-order valence-electron chi connectivity index (χ3n) is 3.36. The molecule has 0 saturated carbocycles. The zero-order valence-electron chi connectivity index (χ0n) is 13.6. The number of hydrogen-bond acceptors (Lipinski definition) is 4. The van der Waals surface area contributed by atoms with Crippen LogP contribution in [0.1, 0.15) is 27.2 Å². The van der Waals surface area contributed by atoms with Gasteiger partial charge in [-0.25, -0.2) is 9.18 Å². The van der Waals surface area contributed by atoms with Gasteiger partial charge in [0.15, 0.2) is 0 Å². The van der Waals surface area contributed by atoms with Crippen molar-refractivity contribution in [2.75, 3.05) is 30.8 Å². The predicted molar refractivity (Wildman–Crippen MR) is 85.8 cm³/mol. The third-order valence-corrected chi connectivity index (χ3v) is 3.36. The maximum absolute atomic E-state index is 13.9. The van der Waals surface area contributed by atoms with Crippen molar-refractivity contribution < 1.29 is 13.9 Å². The maximum Gasteiger partial charge on any atom is 0.412 e. The largest absolute Gasteiger partial charge is 0.444 e. The van der Waals surface area contributed by atoms with Crippen molar-refractivity contribution in [1.29, 1.82) is 0 Å². The maximum atomic E-state index is 13.9. The summed E-state index contributed by atoms with van der Waals surface area (Å²) in [4.78, 5) is 14.0. The first kappa shape index (κ1) is 16.5. The smallest absolute Gasteiger partial charge is 0.412 e. The van der Waals surface area contributed by atoms with Crippen molar-refractivity contribution in [3.63, 3.8) is 0 Å². The van der Waals surface area contributed by atoms with E-state index < -0.39 is 11.7 Å². The fraction of sp³-hybridized carbons (Fsp3) is 0.562. The molecular formula is C16H24FN3O2. The average Bonchev–Trinajstić information content (AvgIpc) is 2.76. The number of likely N-dealkylation sites (N-methyl/N-ethyl adjacent to an activating group) is 1. The molecule has 1 aromatic carbocycles. The summed E-state index contributed by atoms with van der Waals surface area (Å²) in [6, 6.07) is 4.67. The SMILES string of the molecule is CN1CCC(Nc2cc(NC(=O)OC(C)(C)C)ccc2F)C1. The lowest BCUT2D eigenvalue weighted by molar-refractivity contribution is 0.0636. The van der Waals surface area contributed by atoms with Crippen molar-refractivity contribution >= 4 is 17.5 Å². The molecule has 1 fully saturated rings. The second kappa shape index (κ2) is 6.52. The quantitative estimate of drug-likeness (QED) is 0.899. The van der Waals surface area contributed by atoms with Gasteiger partial charge in [-0.15, -0.1) is 0 Å². The van der Waals surface area contributed by atoms with Gasteiger partial charge in [-0.2, -0.15) is 0 Å². The number of nitrogens with zero attached hydrogens (tertiary/aromatic N) is 1. The lowest BCUT2D eigenvalue weighted by Crippen LogP contribution is -2.27. The Morgan fingerprint density at radius 2 is 2.14 bits per heavy atom. The number of rotatable bonds is 3. The van der Waals surface area contributed by atoms with Crippen LogP contribution < -0.4 is 10.6 Å². The first-order valence-corrected chi connectivity index (χ1v) is 7.47. The molecule has 1 unspecified atom stereocenters. The minimum atomic E-state index is -0.570. The Hall–Kier alpha value is -1.82. The molecule has 0 aliphatic carbocycles. The molecular weight excluding hydrogens is 285 g/mol. The van der Waals surface area contributed by atoms with Crippen molar-refractivity contribution in [3.05, 3.63) is 24.0 Å². The van der Waals surface area contributed by atoms with Gasteiger partial charge in [-0.3, -0.25) is 5.32 Å². The summed E-state index contributed by atoms with van der Waals surface area (Å²) in [5, 5.41) is 5.81. The molecule has 5 nitrogen and oxygen atoms in total. The molecule has 1 amide bonds. The van der Waals surface area contributed by atoms with Crippen LogP contribution in [0.3, 0.4) is 0 Å². The zero-order valence-corrected chi connectivity index (χ0v) is 13.6. The van der Waals surface area contributed by atoms with Crippen molar-refractivity contribution in [3.8, 4) is 0 Å². The van der Waals surface area contributed by atoms with Gasteiger partial charge in [-0.05, 0) is 59.0 Å². The fourth-order valence-corrected chi connectivity index (χ4v) is 2.41. The highest BCUT2D eigenvalue weighted by atomic mass is 19.1. The molecule has 0 radical (unpaired) electrons. The van der Waals surface area contributed by atoms with Crippen LogP contribution in [0.25, 0.3) is 0 Å². The molecule has 6 heteroatoms. The topological polar surface area (TPSA) is 53.6 Å². The Balaban J connectivity index is 2.01. The number of halogens is 1. The molecule has 1 atom stereocenters. The van der Waals surface area contributed by atoms with Gasteiger partial charge < -0.3 is 15.0 Å². The number of carbonyl (C=O) groups is 1. The lowest BCUT2D eigenvalue weighted by Gasteiger charge is -2.20. The van der Waals surface area contributed by atoms with Crippen LogP contribution in [0.4, 0.5) is 20.6 Å². The highest BCUT2D eigenvalue weighted by molar-refractivity contribution is 5.85. The molecule has 2 N–H and O–H groups in total. The first-order chi connectivity index (χ1) is 10.2. The predicted octanol–water partition coefficient (Wildman–Crippen LogP) is 3.29. The number of hydrogen-bond donors (Lipinski definition) is 2. The monoisotopic (exact) mass is 309 g/mol. The van der Waals surface area contributed by atoms with Gasteiger partial charge in [0, 0.05) is 18.3 Å². The highest BCUT2D eigenvalue weighted by Gasteiger charge is 2.21. The number of amides is 1. The van der Waals surface area contributed by atoms with Gasteiger partial charge in [-0.1, -0.05) is 0 Å². The number of anilines is 2. The molecule has 1 heterocycles. The van der Waals surface area contributed by atoms with E-state index in [2.05, 4.69) is 15.5 Å². The van der Waals surface area contributed by atoms with Crippen LogP contribution in [0, 0.1) is 5.82 Å². The average molecular weight is 309 g/mol. The number of likely N-dealkylation sites (tertiary alicyclic amines) is 1. The second-order valence-electron chi connectivity index (χ2n) is 6.71. The third kappa shape index (κ3) is 4.87. The van der Waals surface area contributed by atoms with Crippen LogP contribution >= 0.6 is 0 Å². The minimum Gasteiger partial charge on any atom is -0.444 e. The standard InChI is InChI=1S/C16H24FN3O2/c1-16(2,3)22-15(21)19-11-5-6-13(17)14(9-11)18-12-7-8-20(4)10-12/h5-6,9,12,18H,7-8,10H2,1-4H3,(H,19,21). The number of benzene rings is 1. The van der Waals surface area contributed by atoms with Crippen LogP contribution in [0.2, 0.25) is 0 Å². The van der Waals surface area contributed by atoms with Crippen molar-refractivity contribution in [2.24, 2.45) is 0 Å². The summed E-state index contributed by atoms with van der Waals surface area (Å²) in [6.45, 7) is 7.25. The van der Waals surface area contributed by atoms with Gasteiger partial charge in [0.2, 0.25) is 0 Å². The Morgan fingerprint density at radius 3 is 2.73 bits per heavy atom.